The topological polar surface area (TPSA) is 81.2 Å². The van der Waals surface area contributed by atoms with Crippen molar-refractivity contribution in [1.82, 2.24) is 20.4 Å². The average molecular weight is 356 g/mol. The van der Waals surface area contributed by atoms with Crippen LogP contribution < -0.4 is 5.32 Å². The van der Waals surface area contributed by atoms with Gasteiger partial charge in [-0.15, -0.1) is 0 Å². The lowest BCUT2D eigenvalue weighted by molar-refractivity contribution is -0.122. The number of nitrogens with one attached hydrogen (secondary N) is 2. The molecule has 6 heteroatoms. The molecule has 1 saturated heterocycles. The molecule has 3 rings (SSSR count). The SMILES string of the molecule is Cc1n[nH]c(C)c1CCC(=O)N[C@@H]1CN(Cc2ccccc2)C[C@H]1CO. The van der Waals surface area contributed by atoms with Crippen LogP contribution in [0.15, 0.2) is 30.3 Å². The zero-order valence-electron chi connectivity index (χ0n) is 15.5. The summed E-state index contributed by atoms with van der Waals surface area (Å²) in [5, 5.41) is 20.0. The average Bonchev–Trinajstić information content (AvgIpc) is 3.16. The van der Waals surface area contributed by atoms with Crippen molar-refractivity contribution in [2.45, 2.75) is 39.3 Å². The largest absolute Gasteiger partial charge is 0.396 e. The van der Waals surface area contributed by atoms with Gasteiger partial charge in [-0.05, 0) is 31.4 Å². The van der Waals surface area contributed by atoms with Crippen LogP contribution in [0.2, 0.25) is 0 Å². The van der Waals surface area contributed by atoms with Crippen LogP contribution in [0.1, 0.15) is 28.9 Å². The molecule has 140 valence electrons. The molecule has 0 radical (unpaired) electrons. The Morgan fingerprint density at radius 1 is 1.31 bits per heavy atom. The summed E-state index contributed by atoms with van der Waals surface area (Å²) in [6, 6.07) is 10.3. The fourth-order valence-corrected chi connectivity index (χ4v) is 3.74. The molecule has 0 unspecified atom stereocenters. The quantitative estimate of drug-likeness (QED) is 0.703. The van der Waals surface area contributed by atoms with Crippen LogP contribution in [-0.4, -0.2) is 51.8 Å². The molecule has 1 aromatic carbocycles. The van der Waals surface area contributed by atoms with Crippen LogP contribution >= 0.6 is 0 Å². The number of H-pyrrole nitrogens is 1. The molecule has 2 atom stereocenters. The molecular weight excluding hydrogens is 328 g/mol. The minimum absolute atomic E-state index is 0.00255. The number of hydrogen-bond acceptors (Lipinski definition) is 4. The van der Waals surface area contributed by atoms with Crippen molar-refractivity contribution < 1.29 is 9.90 Å². The standard InChI is InChI=1S/C20H28N4O2/c1-14-18(15(2)23-22-14)8-9-20(26)21-19-12-24(11-17(19)13-25)10-16-6-4-3-5-7-16/h3-7,17,19,25H,8-13H2,1-2H3,(H,21,26)(H,22,23)/t17-,19+/m0/s1. The third-order valence-corrected chi connectivity index (χ3v) is 5.23. The number of hydrogen-bond donors (Lipinski definition) is 3. The van der Waals surface area contributed by atoms with Crippen LogP contribution in [0.3, 0.4) is 0 Å². The van der Waals surface area contributed by atoms with Gasteiger partial charge in [0.05, 0.1) is 5.69 Å². The summed E-state index contributed by atoms with van der Waals surface area (Å²) in [6.07, 6.45) is 1.12. The van der Waals surface area contributed by atoms with Gasteiger partial charge in [-0.3, -0.25) is 14.8 Å². The smallest absolute Gasteiger partial charge is 0.220 e. The van der Waals surface area contributed by atoms with E-state index in [1.807, 2.05) is 32.0 Å². The van der Waals surface area contributed by atoms with E-state index in [1.54, 1.807) is 0 Å². The number of carbonyl (C=O) groups is 1. The Hall–Kier alpha value is -2.18. The Bertz CT molecular complexity index is 709. The van der Waals surface area contributed by atoms with Gasteiger partial charge in [0.15, 0.2) is 0 Å². The molecule has 1 fully saturated rings. The van der Waals surface area contributed by atoms with Crippen LogP contribution in [0.4, 0.5) is 0 Å². The number of aliphatic hydroxyl groups excluding tert-OH is 1. The summed E-state index contributed by atoms with van der Waals surface area (Å²) in [5.41, 5.74) is 4.36. The molecule has 6 nitrogen and oxygen atoms in total. The summed E-state index contributed by atoms with van der Waals surface area (Å²) in [7, 11) is 0. The Morgan fingerprint density at radius 3 is 2.73 bits per heavy atom. The molecule has 26 heavy (non-hydrogen) atoms. The molecular formula is C20H28N4O2. The zero-order valence-corrected chi connectivity index (χ0v) is 15.5. The van der Waals surface area contributed by atoms with Crippen LogP contribution in [0.5, 0.6) is 0 Å². The minimum Gasteiger partial charge on any atom is -0.396 e. The van der Waals surface area contributed by atoms with Crippen LogP contribution in [0.25, 0.3) is 0 Å². The Kier molecular flexibility index (Phi) is 6.06. The van der Waals surface area contributed by atoms with Crippen molar-refractivity contribution in [3.05, 3.63) is 52.8 Å². The van der Waals surface area contributed by atoms with Gasteiger partial charge in [-0.25, -0.2) is 0 Å². The number of rotatable bonds is 7. The molecule has 3 N–H and O–H groups in total. The van der Waals surface area contributed by atoms with Gasteiger partial charge in [-0.2, -0.15) is 5.10 Å². The number of nitrogens with zero attached hydrogens (tertiary/aromatic N) is 2. The van der Waals surface area contributed by atoms with E-state index in [1.165, 1.54) is 5.56 Å². The molecule has 2 aromatic rings. The number of carbonyl (C=O) groups excluding carboxylic acids is 1. The number of aromatic nitrogens is 2. The fourth-order valence-electron chi connectivity index (χ4n) is 3.74. The Morgan fingerprint density at radius 2 is 2.08 bits per heavy atom. The van der Waals surface area contributed by atoms with Crippen LogP contribution in [0, 0.1) is 19.8 Å². The highest BCUT2D eigenvalue weighted by molar-refractivity contribution is 5.76. The number of benzene rings is 1. The summed E-state index contributed by atoms with van der Waals surface area (Å²) in [5.74, 6) is 0.120. The molecule has 0 bridgehead atoms. The predicted molar refractivity (Wildman–Crippen MR) is 101 cm³/mol. The van der Waals surface area contributed by atoms with Gasteiger partial charge >= 0.3 is 0 Å². The first-order chi connectivity index (χ1) is 12.6. The summed E-state index contributed by atoms with van der Waals surface area (Å²) in [6.45, 7) is 6.45. The Balaban J connectivity index is 1.52. The first-order valence-electron chi connectivity index (χ1n) is 9.23. The van der Waals surface area contributed by atoms with Gasteiger partial charge in [0.25, 0.3) is 0 Å². The van der Waals surface area contributed by atoms with E-state index in [-0.39, 0.29) is 24.5 Å². The van der Waals surface area contributed by atoms with Crippen molar-refractivity contribution in [3.63, 3.8) is 0 Å². The second-order valence-electron chi connectivity index (χ2n) is 7.21. The predicted octanol–water partition coefficient (Wildman–Crippen LogP) is 1.57. The van der Waals surface area contributed by atoms with Gasteiger partial charge < -0.3 is 10.4 Å². The van der Waals surface area contributed by atoms with Crippen molar-refractivity contribution in [2.24, 2.45) is 5.92 Å². The fraction of sp³-hybridized carbons (Fsp3) is 0.500. The summed E-state index contributed by atoms with van der Waals surface area (Å²) >= 11 is 0. The van der Waals surface area contributed by atoms with Gasteiger partial charge in [-0.1, -0.05) is 30.3 Å². The highest BCUT2D eigenvalue weighted by Crippen LogP contribution is 2.20. The maximum atomic E-state index is 12.4. The normalized spacial score (nSPS) is 20.4. The maximum absolute atomic E-state index is 12.4. The van der Waals surface area contributed by atoms with E-state index < -0.39 is 0 Å². The van der Waals surface area contributed by atoms with Crippen molar-refractivity contribution in [3.8, 4) is 0 Å². The molecule has 1 aliphatic rings. The number of aliphatic hydroxyl groups is 1. The first kappa shape index (κ1) is 18.6. The lowest BCUT2D eigenvalue weighted by Gasteiger charge is -2.18. The van der Waals surface area contributed by atoms with E-state index in [0.29, 0.717) is 12.8 Å². The van der Waals surface area contributed by atoms with Gasteiger partial charge in [0.1, 0.15) is 0 Å². The second kappa shape index (κ2) is 8.47. The molecule has 1 amide bonds. The number of aryl methyl sites for hydroxylation is 2. The lowest BCUT2D eigenvalue weighted by Crippen LogP contribution is -2.41. The monoisotopic (exact) mass is 356 g/mol. The van der Waals surface area contributed by atoms with E-state index in [2.05, 4.69) is 32.5 Å². The maximum Gasteiger partial charge on any atom is 0.220 e. The van der Waals surface area contributed by atoms with E-state index in [4.69, 9.17) is 0 Å². The number of likely N-dealkylation sites (tertiary alicyclic amines) is 1. The molecule has 0 saturated carbocycles. The van der Waals surface area contributed by atoms with Crippen LogP contribution in [-0.2, 0) is 17.8 Å². The third kappa shape index (κ3) is 4.51. The van der Waals surface area contributed by atoms with Gasteiger partial charge in [0, 0.05) is 50.3 Å². The van der Waals surface area contributed by atoms with Crippen molar-refractivity contribution >= 4 is 5.91 Å². The van der Waals surface area contributed by atoms with E-state index >= 15 is 0 Å². The van der Waals surface area contributed by atoms with Crippen molar-refractivity contribution in [2.75, 3.05) is 19.7 Å². The molecule has 1 aliphatic heterocycles. The highest BCUT2D eigenvalue weighted by atomic mass is 16.3. The molecule has 1 aromatic heterocycles. The van der Waals surface area contributed by atoms with E-state index in [0.717, 1.165) is 36.6 Å². The second-order valence-corrected chi connectivity index (χ2v) is 7.21. The number of aromatic amines is 1. The highest BCUT2D eigenvalue weighted by Gasteiger charge is 2.33. The zero-order chi connectivity index (χ0) is 18.5. The van der Waals surface area contributed by atoms with Gasteiger partial charge in [0.2, 0.25) is 5.91 Å². The van der Waals surface area contributed by atoms with Crippen molar-refractivity contribution in [1.29, 1.82) is 0 Å². The molecule has 0 spiro atoms. The third-order valence-electron chi connectivity index (χ3n) is 5.23. The number of amides is 1. The summed E-state index contributed by atoms with van der Waals surface area (Å²) < 4.78 is 0. The Labute approximate surface area is 154 Å². The van der Waals surface area contributed by atoms with E-state index in [9.17, 15) is 9.90 Å². The first-order valence-corrected chi connectivity index (χ1v) is 9.23. The minimum atomic E-state index is 0.00255. The summed E-state index contributed by atoms with van der Waals surface area (Å²) in [4.78, 5) is 14.7. The molecule has 0 aliphatic carbocycles. The molecule has 2 heterocycles. The lowest BCUT2D eigenvalue weighted by atomic mass is 10.0.